The molecule has 0 saturated heterocycles. The summed E-state index contributed by atoms with van der Waals surface area (Å²) in [7, 11) is 0. The van der Waals surface area contributed by atoms with Gasteiger partial charge < -0.3 is 9.73 Å². The number of hydrogen-bond donors (Lipinski definition) is 1. The number of amides is 1. The molecule has 160 valence electrons. The summed E-state index contributed by atoms with van der Waals surface area (Å²) in [5.74, 6) is -0.116. The lowest BCUT2D eigenvalue weighted by Gasteiger charge is -2.07. The highest BCUT2D eigenvalue weighted by Crippen LogP contribution is 2.37. The van der Waals surface area contributed by atoms with E-state index in [2.05, 4.69) is 10.3 Å². The van der Waals surface area contributed by atoms with Gasteiger partial charge in [-0.1, -0.05) is 42.5 Å². The average molecular weight is 430 g/mol. The summed E-state index contributed by atoms with van der Waals surface area (Å²) in [6.45, 7) is 0. The van der Waals surface area contributed by atoms with Crippen molar-refractivity contribution in [1.82, 2.24) is 4.98 Å². The van der Waals surface area contributed by atoms with Crippen molar-refractivity contribution in [3.63, 3.8) is 0 Å². The maximum atomic E-state index is 13.8. The Balaban J connectivity index is 1.40. The number of para-hydroxylation sites is 1. The zero-order chi connectivity index (χ0) is 22.1. The molecule has 0 saturated carbocycles. The lowest BCUT2D eigenvalue weighted by Crippen LogP contribution is -2.12. The van der Waals surface area contributed by atoms with E-state index in [1.54, 1.807) is 24.3 Å². The first-order valence-electron chi connectivity index (χ1n) is 10.5. The third kappa shape index (κ3) is 3.91. The highest BCUT2D eigenvalue weighted by molar-refractivity contribution is 6.02. The van der Waals surface area contributed by atoms with Crippen LogP contribution in [0.5, 0.6) is 0 Å². The maximum absolute atomic E-state index is 13.8. The standard InChI is InChI=1S/C26H20F2N2O2/c27-18-8-3-6-16(14-18)24-25(17-7-4-9-19(28)15-17)32-23(30-24)13-5-11-21-20-10-1-2-12-22(20)29-26(21)31/h1-4,6-10,12,14-15,21H,5,11,13H2,(H,29,31). The molecule has 1 aromatic heterocycles. The van der Waals surface area contributed by atoms with Crippen LogP contribution < -0.4 is 5.32 Å². The average Bonchev–Trinajstić information content (AvgIpc) is 3.35. The van der Waals surface area contributed by atoms with E-state index >= 15 is 0 Å². The first kappa shape index (κ1) is 20.1. The van der Waals surface area contributed by atoms with Crippen LogP contribution in [-0.4, -0.2) is 10.9 Å². The summed E-state index contributed by atoms with van der Waals surface area (Å²) in [6.07, 6.45) is 1.83. The molecule has 0 spiro atoms. The molecule has 4 aromatic rings. The molecule has 0 bridgehead atoms. The Labute approximate surface area is 183 Å². The van der Waals surface area contributed by atoms with Crippen LogP contribution in [0, 0.1) is 11.6 Å². The summed E-state index contributed by atoms with van der Waals surface area (Å²) in [4.78, 5) is 16.9. The Bertz CT molecular complexity index is 1240. The number of carbonyl (C=O) groups is 1. The molecule has 1 aliphatic rings. The van der Waals surface area contributed by atoms with Gasteiger partial charge >= 0.3 is 0 Å². The predicted molar refractivity (Wildman–Crippen MR) is 118 cm³/mol. The second-order valence-corrected chi connectivity index (χ2v) is 7.83. The van der Waals surface area contributed by atoms with E-state index in [1.807, 2.05) is 24.3 Å². The van der Waals surface area contributed by atoms with Gasteiger partial charge in [0, 0.05) is 23.2 Å². The van der Waals surface area contributed by atoms with Gasteiger partial charge in [-0.2, -0.15) is 0 Å². The number of oxazole rings is 1. The van der Waals surface area contributed by atoms with Gasteiger partial charge in [-0.3, -0.25) is 4.79 Å². The highest BCUT2D eigenvalue weighted by atomic mass is 19.1. The molecule has 3 aromatic carbocycles. The molecular formula is C26H20F2N2O2. The minimum absolute atomic E-state index is 0.000460. The Morgan fingerprint density at radius 2 is 1.62 bits per heavy atom. The van der Waals surface area contributed by atoms with Crippen LogP contribution in [0.15, 0.2) is 77.2 Å². The van der Waals surface area contributed by atoms with Crippen LogP contribution in [0.1, 0.15) is 30.2 Å². The fourth-order valence-corrected chi connectivity index (χ4v) is 4.15. The van der Waals surface area contributed by atoms with Crippen LogP contribution in [-0.2, 0) is 11.2 Å². The number of aryl methyl sites for hydroxylation is 1. The van der Waals surface area contributed by atoms with E-state index < -0.39 is 5.82 Å². The predicted octanol–water partition coefficient (Wildman–Crippen LogP) is 6.35. The van der Waals surface area contributed by atoms with Gasteiger partial charge in [0.2, 0.25) is 5.91 Å². The monoisotopic (exact) mass is 430 g/mol. The highest BCUT2D eigenvalue weighted by Gasteiger charge is 2.29. The number of fused-ring (bicyclic) bond motifs is 1. The number of halogens is 2. The Hall–Kier alpha value is -3.80. The van der Waals surface area contributed by atoms with E-state index in [0.717, 1.165) is 11.3 Å². The molecule has 1 unspecified atom stereocenters. The van der Waals surface area contributed by atoms with Crippen molar-refractivity contribution in [3.8, 4) is 22.6 Å². The molecule has 0 fully saturated rings. The number of nitrogens with zero attached hydrogens (tertiary/aromatic N) is 1. The zero-order valence-corrected chi connectivity index (χ0v) is 17.1. The smallest absolute Gasteiger partial charge is 0.232 e. The Morgan fingerprint density at radius 3 is 2.41 bits per heavy atom. The molecular weight excluding hydrogens is 410 g/mol. The van der Waals surface area contributed by atoms with Crippen LogP contribution in [0.25, 0.3) is 22.6 Å². The van der Waals surface area contributed by atoms with E-state index in [-0.39, 0.29) is 17.6 Å². The van der Waals surface area contributed by atoms with Gasteiger partial charge in [0.1, 0.15) is 17.3 Å². The molecule has 2 heterocycles. The number of benzene rings is 3. The minimum atomic E-state index is -0.392. The van der Waals surface area contributed by atoms with Gasteiger partial charge in [-0.15, -0.1) is 0 Å². The number of aromatic nitrogens is 1. The summed E-state index contributed by atoms with van der Waals surface area (Å²) in [6, 6.07) is 19.8. The first-order chi connectivity index (χ1) is 15.6. The third-order valence-corrected chi connectivity index (χ3v) is 5.65. The summed E-state index contributed by atoms with van der Waals surface area (Å²) in [5, 5.41) is 2.91. The van der Waals surface area contributed by atoms with Crippen LogP contribution in [0.3, 0.4) is 0 Å². The summed E-state index contributed by atoms with van der Waals surface area (Å²) < 4.78 is 33.7. The molecule has 0 aliphatic carbocycles. The Morgan fingerprint density at radius 1 is 0.906 bits per heavy atom. The minimum Gasteiger partial charge on any atom is -0.440 e. The fourth-order valence-electron chi connectivity index (χ4n) is 4.15. The van der Waals surface area contributed by atoms with Crippen molar-refractivity contribution in [2.45, 2.75) is 25.2 Å². The lowest BCUT2D eigenvalue weighted by molar-refractivity contribution is -0.117. The van der Waals surface area contributed by atoms with Crippen molar-refractivity contribution in [2.24, 2.45) is 0 Å². The lowest BCUT2D eigenvalue weighted by atomic mass is 9.95. The number of carbonyl (C=O) groups excluding carboxylic acids is 1. The summed E-state index contributed by atoms with van der Waals surface area (Å²) >= 11 is 0. The van der Waals surface area contributed by atoms with Crippen molar-refractivity contribution in [3.05, 3.63) is 95.9 Å². The molecule has 1 amide bonds. The van der Waals surface area contributed by atoms with Gasteiger partial charge in [-0.05, 0) is 48.7 Å². The van der Waals surface area contributed by atoms with Crippen molar-refractivity contribution in [1.29, 1.82) is 0 Å². The second kappa shape index (κ2) is 8.38. The molecule has 1 N–H and O–H groups in total. The topological polar surface area (TPSA) is 55.1 Å². The number of hydrogen-bond acceptors (Lipinski definition) is 3. The molecule has 1 atom stereocenters. The molecule has 0 radical (unpaired) electrons. The number of anilines is 1. The van der Waals surface area contributed by atoms with Crippen LogP contribution in [0.2, 0.25) is 0 Å². The van der Waals surface area contributed by atoms with Crippen LogP contribution >= 0.6 is 0 Å². The molecule has 32 heavy (non-hydrogen) atoms. The quantitative estimate of drug-likeness (QED) is 0.388. The van der Waals surface area contributed by atoms with Crippen molar-refractivity contribution in [2.75, 3.05) is 5.32 Å². The fraction of sp³-hybridized carbons (Fsp3) is 0.154. The first-order valence-corrected chi connectivity index (χ1v) is 10.5. The maximum Gasteiger partial charge on any atom is 0.232 e. The second-order valence-electron chi connectivity index (χ2n) is 7.83. The van der Waals surface area contributed by atoms with E-state index in [1.165, 1.54) is 24.3 Å². The van der Waals surface area contributed by atoms with Gasteiger partial charge in [0.15, 0.2) is 11.7 Å². The number of rotatable bonds is 6. The molecule has 6 heteroatoms. The number of nitrogens with one attached hydrogen (secondary N) is 1. The molecule has 4 nitrogen and oxygen atoms in total. The van der Waals surface area contributed by atoms with E-state index in [0.29, 0.717) is 47.7 Å². The Kier molecular flexibility index (Phi) is 5.27. The largest absolute Gasteiger partial charge is 0.440 e. The normalized spacial score (nSPS) is 14.9. The van der Waals surface area contributed by atoms with E-state index in [4.69, 9.17) is 4.42 Å². The SMILES string of the molecule is O=C1Nc2ccccc2C1CCCc1nc(-c2cccc(F)c2)c(-c2cccc(F)c2)o1. The van der Waals surface area contributed by atoms with Crippen molar-refractivity contribution >= 4 is 11.6 Å². The molecule has 1 aliphatic heterocycles. The summed E-state index contributed by atoms with van der Waals surface area (Å²) in [5.41, 5.74) is 3.43. The van der Waals surface area contributed by atoms with Crippen molar-refractivity contribution < 1.29 is 18.0 Å². The van der Waals surface area contributed by atoms with Gasteiger partial charge in [-0.25, -0.2) is 13.8 Å². The zero-order valence-electron chi connectivity index (χ0n) is 17.1. The third-order valence-electron chi connectivity index (χ3n) is 5.65. The van der Waals surface area contributed by atoms with Crippen LogP contribution in [0.4, 0.5) is 14.5 Å². The van der Waals surface area contributed by atoms with Gasteiger partial charge in [0.05, 0.1) is 5.92 Å². The van der Waals surface area contributed by atoms with Gasteiger partial charge in [0.25, 0.3) is 0 Å². The van der Waals surface area contributed by atoms with E-state index in [9.17, 15) is 13.6 Å². The molecule has 5 rings (SSSR count).